The zero-order chi connectivity index (χ0) is 14.7. The van der Waals surface area contributed by atoms with Crippen LogP contribution in [0, 0.1) is 10.1 Å². The van der Waals surface area contributed by atoms with E-state index in [1.165, 1.54) is 18.2 Å². The lowest BCUT2D eigenvalue weighted by Gasteiger charge is -2.07. The fourth-order valence-corrected chi connectivity index (χ4v) is 1.55. The van der Waals surface area contributed by atoms with Crippen LogP contribution < -0.4 is 4.74 Å². The summed E-state index contributed by atoms with van der Waals surface area (Å²) in [6.07, 6.45) is 0. The van der Waals surface area contributed by atoms with Crippen LogP contribution in [0.15, 0.2) is 22.7 Å². The Hall–Kier alpha value is -2.97. The van der Waals surface area contributed by atoms with Gasteiger partial charge in [-0.2, -0.15) is 4.98 Å². The molecule has 0 aliphatic heterocycles. The zero-order valence-electron chi connectivity index (χ0n) is 10.3. The molecule has 0 aliphatic carbocycles. The third kappa shape index (κ3) is 2.41. The predicted molar refractivity (Wildman–Crippen MR) is 64.5 cm³/mol. The number of carboxylic acid groups (broad SMARTS) is 1. The monoisotopic (exact) mass is 279 g/mol. The number of hydrogen-bond donors (Lipinski definition) is 1. The molecule has 2 aromatic rings. The summed E-state index contributed by atoms with van der Waals surface area (Å²) in [5.41, 5.74) is -0.0968. The first-order valence-corrected chi connectivity index (χ1v) is 5.52. The van der Waals surface area contributed by atoms with Gasteiger partial charge >= 0.3 is 11.7 Å². The lowest BCUT2D eigenvalue weighted by molar-refractivity contribution is -0.385. The molecule has 2 rings (SSSR count). The van der Waals surface area contributed by atoms with E-state index in [0.29, 0.717) is 0 Å². The fraction of sp³-hybridized carbons (Fsp3) is 0.182. The number of nitrogens with zero attached hydrogens (tertiary/aromatic N) is 3. The number of carboxylic acids is 1. The van der Waals surface area contributed by atoms with Gasteiger partial charge in [0.25, 0.3) is 11.7 Å². The minimum Gasteiger partial charge on any atom is -0.487 e. The molecule has 0 bridgehead atoms. The maximum Gasteiger partial charge on any atom is 0.377 e. The van der Waals surface area contributed by atoms with Gasteiger partial charge in [-0.1, -0.05) is 6.07 Å². The van der Waals surface area contributed by atoms with Crippen LogP contribution in [0.25, 0.3) is 11.5 Å². The summed E-state index contributed by atoms with van der Waals surface area (Å²) in [7, 11) is 0. The standard InChI is InChI=1S/C11H9N3O6/c1-2-19-8-6(4-3-5-7(8)14(17)18)10-12-9(11(15)16)13-20-10/h3-5H,2H2,1H3,(H,15,16). The summed E-state index contributed by atoms with van der Waals surface area (Å²) in [6.45, 7) is 1.86. The van der Waals surface area contributed by atoms with Gasteiger partial charge in [0.1, 0.15) is 0 Å². The largest absolute Gasteiger partial charge is 0.487 e. The van der Waals surface area contributed by atoms with E-state index in [1.54, 1.807) is 6.92 Å². The molecule has 0 aliphatic rings. The molecule has 9 nitrogen and oxygen atoms in total. The second-order valence-corrected chi connectivity index (χ2v) is 3.57. The van der Waals surface area contributed by atoms with Gasteiger partial charge in [0, 0.05) is 6.07 Å². The maximum atomic E-state index is 11.0. The van der Waals surface area contributed by atoms with E-state index in [9.17, 15) is 14.9 Å². The Morgan fingerprint density at radius 1 is 1.55 bits per heavy atom. The Balaban J connectivity index is 2.57. The highest BCUT2D eigenvalue weighted by atomic mass is 16.6. The predicted octanol–water partition coefficient (Wildman–Crippen LogP) is 1.74. The average molecular weight is 279 g/mol. The molecule has 0 atom stereocenters. The van der Waals surface area contributed by atoms with Crippen LogP contribution in [-0.4, -0.2) is 32.7 Å². The van der Waals surface area contributed by atoms with Crippen LogP contribution >= 0.6 is 0 Å². The van der Waals surface area contributed by atoms with Crippen LogP contribution in [0.5, 0.6) is 5.75 Å². The van der Waals surface area contributed by atoms with Gasteiger partial charge in [-0.25, -0.2) is 4.79 Å². The molecule has 0 unspecified atom stereocenters. The number of aromatic nitrogens is 2. The van der Waals surface area contributed by atoms with Crippen molar-refractivity contribution in [3.63, 3.8) is 0 Å². The van der Waals surface area contributed by atoms with Crippen LogP contribution in [0.2, 0.25) is 0 Å². The summed E-state index contributed by atoms with van der Waals surface area (Å²) in [6, 6.07) is 4.15. The van der Waals surface area contributed by atoms with Crippen molar-refractivity contribution in [2.75, 3.05) is 6.61 Å². The smallest absolute Gasteiger partial charge is 0.377 e. The quantitative estimate of drug-likeness (QED) is 0.647. The molecular weight excluding hydrogens is 270 g/mol. The second-order valence-electron chi connectivity index (χ2n) is 3.57. The molecule has 9 heteroatoms. The van der Waals surface area contributed by atoms with Crippen molar-refractivity contribution in [1.29, 1.82) is 0 Å². The highest BCUT2D eigenvalue weighted by Crippen LogP contribution is 2.37. The van der Waals surface area contributed by atoms with E-state index >= 15 is 0 Å². The van der Waals surface area contributed by atoms with Gasteiger partial charge in [0.15, 0.2) is 0 Å². The number of para-hydroxylation sites is 1. The Morgan fingerprint density at radius 2 is 2.30 bits per heavy atom. The Kier molecular flexibility index (Phi) is 3.60. The van der Waals surface area contributed by atoms with Crippen molar-refractivity contribution in [3.05, 3.63) is 34.1 Å². The minimum atomic E-state index is -1.36. The first kappa shape index (κ1) is 13.5. The molecule has 0 spiro atoms. The normalized spacial score (nSPS) is 10.2. The molecule has 0 saturated carbocycles. The van der Waals surface area contributed by atoms with Crippen LogP contribution in [0.4, 0.5) is 5.69 Å². The van der Waals surface area contributed by atoms with Gasteiger partial charge < -0.3 is 14.4 Å². The molecule has 0 amide bonds. The van der Waals surface area contributed by atoms with E-state index in [1.807, 2.05) is 0 Å². The fourth-order valence-electron chi connectivity index (χ4n) is 1.55. The lowest BCUT2D eigenvalue weighted by Crippen LogP contribution is -2.00. The lowest BCUT2D eigenvalue weighted by atomic mass is 10.1. The maximum absolute atomic E-state index is 11.0. The van der Waals surface area contributed by atoms with Crippen molar-refractivity contribution in [3.8, 4) is 17.2 Å². The SMILES string of the molecule is CCOc1c(-c2nc(C(=O)O)no2)cccc1[N+](=O)[O-]. The molecule has 104 valence electrons. The molecule has 1 N–H and O–H groups in total. The molecule has 0 fully saturated rings. The first-order valence-electron chi connectivity index (χ1n) is 5.52. The highest BCUT2D eigenvalue weighted by molar-refractivity contribution is 5.83. The van der Waals surface area contributed by atoms with Crippen molar-refractivity contribution in [2.24, 2.45) is 0 Å². The Labute approximate surface area is 111 Å². The molecule has 1 aromatic heterocycles. The van der Waals surface area contributed by atoms with E-state index in [2.05, 4.69) is 10.1 Å². The summed E-state index contributed by atoms with van der Waals surface area (Å²) in [4.78, 5) is 24.7. The molecule has 0 saturated heterocycles. The third-order valence-electron chi connectivity index (χ3n) is 2.33. The summed E-state index contributed by atoms with van der Waals surface area (Å²) >= 11 is 0. The molecule has 1 heterocycles. The number of hydrogen-bond acceptors (Lipinski definition) is 7. The molecular formula is C11H9N3O6. The van der Waals surface area contributed by atoms with Crippen LogP contribution in [0.1, 0.15) is 17.5 Å². The zero-order valence-corrected chi connectivity index (χ0v) is 10.3. The number of aromatic carboxylic acids is 1. The Bertz CT molecular complexity index is 666. The van der Waals surface area contributed by atoms with Gasteiger partial charge in [-0.3, -0.25) is 10.1 Å². The number of carbonyl (C=O) groups is 1. The molecule has 1 aromatic carbocycles. The Morgan fingerprint density at radius 3 is 2.85 bits per heavy atom. The van der Waals surface area contributed by atoms with Gasteiger partial charge in [0.05, 0.1) is 17.1 Å². The number of nitro benzene ring substituents is 1. The number of benzene rings is 1. The third-order valence-corrected chi connectivity index (χ3v) is 2.33. The average Bonchev–Trinajstić information content (AvgIpc) is 2.88. The van der Waals surface area contributed by atoms with E-state index in [-0.39, 0.29) is 29.5 Å². The van der Waals surface area contributed by atoms with Gasteiger partial charge in [0.2, 0.25) is 5.75 Å². The van der Waals surface area contributed by atoms with Crippen molar-refractivity contribution >= 4 is 11.7 Å². The number of nitro groups is 1. The van der Waals surface area contributed by atoms with Crippen molar-refractivity contribution < 1.29 is 24.1 Å². The molecule has 0 radical (unpaired) electrons. The minimum absolute atomic E-state index is 0.0411. The van der Waals surface area contributed by atoms with Crippen molar-refractivity contribution in [2.45, 2.75) is 6.92 Å². The van der Waals surface area contributed by atoms with E-state index in [0.717, 1.165) is 0 Å². The van der Waals surface area contributed by atoms with E-state index in [4.69, 9.17) is 14.4 Å². The molecule has 20 heavy (non-hydrogen) atoms. The summed E-state index contributed by atoms with van der Waals surface area (Å²) in [5, 5.41) is 23.0. The topological polar surface area (TPSA) is 129 Å². The number of ether oxygens (including phenoxy) is 1. The van der Waals surface area contributed by atoms with Crippen LogP contribution in [0.3, 0.4) is 0 Å². The summed E-state index contributed by atoms with van der Waals surface area (Å²) < 4.78 is 10.0. The first-order chi connectivity index (χ1) is 9.54. The second kappa shape index (κ2) is 5.34. The van der Waals surface area contributed by atoms with Crippen LogP contribution in [-0.2, 0) is 0 Å². The van der Waals surface area contributed by atoms with E-state index < -0.39 is 16.7 Å². The number of rotatable bonds is 5. The highest BCUT2D eigenvalue weighted by Gasteiger charge is 2.24. The summed E-state index contributed by atoms with van der Waals surface area (Å²) in [5.74, 6) is -2.09. The van der Waals surface area contributed by atoms with Gasteiger partial charge in [-0.05, 0) is 18.1 Å². The van der Waals surface area contributed by atoms with Gasteiger partial charge in [-0.15, -0.1) is 0 Å². The van der Waals surface area contributed by atoms with Crippen molar-refractivity contribution in [1.82, 2.24) is 10.1 Å².